The Morgan fingerprint density at radius 2 is 1.36 bits per heavy atom. The molecular formula is C32H50N4O10S. The van der Waals surface area contributed by atoms with Crippen LogP contribution < -0.4 is 21.3 Å². The van der Waals surface area contributed by atoms with Crippen LogP contribution in [0.2, 0.25) is 0 Å². The number of phenolic OH excluding ortho intramolecular Hbond substituents is 1. The molecule has 0 aliphatic carbocycles. The summed E-state index contributed by atoms with van der Waals surface area (Å²) in [7, 11) is -3.58. The number of hydrogen-bond acceptors (Lipinski definition) is 10. The first kappa shape index (κ1) is 40.9. The van der Waals surface area contributed by atoms with Crippen molar-refractivity contribution in [2.24, 2.45) is 5.92 Å². The Morgan fingerprint density at radius 3 is 1.85 bits per heavy atom. The number of amides is 4. The first-order valence-corrected chi connectivity index (χ1v) is 17.1. The number of aromatic hydroxyl groups is 1. The maximum absolute atomic E-state index is 13.5. The lowest BCUT2D eigenvalue weighted by Gasteiger charge is -2.28. The van der Waals surface area contributed by atoms with Crippen molar-refractivity contribution in [2.45, 2.75) is 111 Å². The van der Waals surface area contributed by atoms with Crippen molar-refractivity contribution in [3.8, 4) is 5.75 Å². The highest BCUT2D eigenvalue weighted by atomic mass is 32.2. The number of nitrogens with one attached hydrogen (secondary N) is 4. The number of phenols is 1. The van der Waals surface area contributed by atoms with Gasteiger partial charge in [0.25, 0.3) is 0 Å². The maximum Gasteiger partial charge on any atom is 0.408 e. The third kappa shape index (κ3) is 17.4. The molecule has 47 heavy (non-hydrogen) atoms. The van der Waals surface area contributed by atoms with Gasteiger partial charge in [-0.25, -0.2) is 13.2 Å². The van der Waals surface area contributed by atoms with E-state index in [4.69, 9.17) is 9.47 Å². The van der Waals surface area contributed by atoms with E-state index in [1.165, 1.54) is 19.1 Å². The van der Waals surface area contributed by atoms with Gasteiger partial charge in [0.15, 0.2) is 9.84 Å². The molecule has 1 aromatic carbocycles. The predicted molar refractivity (Wildman–Crippen MR) is 176 cm³/mol. The molecule has 0 bridgehead atoms. The molecule has 14 nitrogen and oxygen atoms in total. The van der Waals surface area contributed by atoms with Crippen LogP contribution in [0, 0.1) is 5.92 Å². The summed E-state index contributed by atoms with van der Waals surface area (Å²) in [5.74, 6) is -3.24. The fraction of sp³-hybridized carbons (Fsp3) is 0.594. The van der Waals surface area contributed by atoms with E-state index in [1.54, 1.807) is 67.5 Å². The van der Waals surface area contributed by atoms with Crippen LogP contribution >= 0.6 is 0 Å². The lowest BCUT2D eigenvalue weighted by atomic mass is 10.0. The van der Waals surface area contributed by atoms with E-state index in [0.717, 1.165) is 17.7 Å². The molecule has 0 aliphatic heterocycles. The normalized spacial score (nSPS) is 14.8. The second-order valence-electron chi connectivity index (χ2n) is 13.6. The Morgan fingerprint density at radius 1 is 0.809 bits per heavy atom. The summed E-state index contributed by atoms with van der Waals surface area (Å²) in [4.78, 5) is 64.8. The predicted octanol–water partition coefficient (Wildman–Crippen LogP) is 2.25. The zero-order valence-electron chi connectivity index (χ0n) is 28.8. The number of ether oxygens (including phenoxy) is 2. The molecule has 0 spiro atoms. The Kier molecular flexibility index (Phi) is 14.9. The van der Waals surface area contributed by atoms with E-state index < -0.39 is 80.9 Å². The van der Waals surface area contributed by atoms with Crippen molar-refractivity contribution in [2.75, 3.05) is 6.26 Å². The van der Waals surface area contributed by atoms with Crippen molar-refractivity contribution in [3.05, 3.63) is 41.3 Å². The summed E-state index contributed by atoms with van der Waals surface area (Å²) in [6.07, 6.45) is 0.897. The summed E-state index contributed by atoms with van der Waals surface area (Å²) in [5, 5.41) is 20.7. The summed E-state index contributed by atoms with van der Waals surface area (Å²) in [6.45, 7) is 14.7. The number of hydrogen-bond donors (Lipinski definition) is 5. The number of benzene rings is 1. The van der Waals surface area contributed by atoms with Gasteiger partial charge in [-0.3, -0.25) is 19.2 Å². The third-order valence-corrected chi connectivity index (χ3v) is 6.73. The van der Waals surface area contributed by atoms with Crippen LogP contribution in [0.1, 0.15) is 74.3 Å². The van der Waals surface area contributed by atoms with Crippen LogP contribution in [0.15, 0.2) is 35.7 Å². The SMILES string of the molecule is CC(C)C(NC(=O)[C@H](Cc1ccc(O)cc1)NC(=O)OC(C)(C)C)C(=O)N[C@@H](C)C(=O)N[C@H](/C=C/S(C)(=O)=O)CC(=O)OC(C)(C)C. The van der Waals surface area contributed by atoms with Crippen LogP contribution in [0.5, 0.6) is 5.75 Å². The van der Waals surface area contributed by atoms with Crippen molar-refractivity contribution >= 4 is 39.6 Å². The fourth-order valence-corrected chi connectivity index (χ4v) is 4.43. The molecule has 4 amide bonds. The molecule has 0 fully saturated rings. The van der Waals surface area contributed by atoms with Gasteiger partial charge in [-0.05, 0) is 72.1 Å². The standard InChI is InChI=1S/C32H50N4O10S/c1-19(2)26(36-28(40)24(35-30(42)46-32(7,8)9)17-21-11-13-23(37)14-12-21)29(41)33-20(3)27(39)34-22(15-16-47(10,43)44)18-25(38)45-31(4,5)6/h11-16,19-20,22,24,26,37H,17-18H2,1-10H3,(H,33,41)(H,34,39)(H,35,42)(H,36,40)/b16-15+/t20-,22+,24-,26?/m0/s1. The van der Waals surface area contributed by atoms with E-state index in [0.29, 0.717) is 5.56 Å². The third-order valence-electron chi connectivity index (χ3n) is 6.07. The number of sulfone groups is 1. The average Bonchev–Trinajstić information content (AvgIpc) is 2.88. The van der Waals surface area contributed by atoms with E-state index in [9.17, 15) is 37.5 Å². The Bertz CT molecular complexity index is 1390. The number of esters is 1. The monoisotopic (exact) mass is 682 g/mol. The summed E-state index contributed by atoms with van der Waals surface area (Å²) < 4.78 is 33.9. The highest BCUT2D eigenvalue weighted by Crippen LogP contribution is 2.14. The van der Waals surface area contributed by atoms with E-state index in [-0.39, 0.29) is 18.6 Å². The molecular weight excluding hydrogens is 632 g/mol. The number of rotatable bonds is 14. The molecule has 0 heterocycles. The maximum atomic E-state index is 13.5. The molecule has 0 aromatic heterocycles. The Balaban J connectivity index is 3.10. The van der Waals surface area contributed by atoms with Gasteiger partial charge in [0, 0.05) is 18.1 Å². The smallest absolute Gasteiger partial charge is 0.408 e. The summed E-state index contributed by atoms with van der Waals surface area (Å²) in [6, 6.07) is 1.50. The molecule has 0 saturated heterocycles. The van der Waals surface area contributed by atoms with Crippen molar-refractivity contribution in [3.63, 3.8) is 0 Å². The van der Waals surface area contributed by atoms with Gasteiger partial charge in [-0.15, -0.1) is 0 Å². The average molecular weight is 683 g/mol. The van der Waals surface area contributed by atoms with E-state index in [2.05, 4.69) is 21.3 Å². The molecule has 4 atom stereocenters. The van der Waals surface area contributed by atoms with Crippen LogP contribution in [0.3, 0.4) is 0 Å². The quantitative estimate of drug-likeness (QED) is 0.181. The molecule has 1 rings (SSSR count). The molecule has 264 valence electrons. The fourth-order valence-electron chi connectivity index (χ4n) is 3.96. The lowest BCUT2D eigenvalue weighted by Crippen LogP contribution is -2.58. The molecule has 0 saturated carbocycles. The zero-order chi connectivity index (χ0) is 36.3. The number of alkyl carbamates (subject to hydrolysis) is 1. The van der Waals surface area contributed by atoms with Crippen molar-refractivity contribution < 1.29 is 47.0 Å². The highest BCUT2D eigenvalue weighted by Gasteiger charge is 2.32. The topological polar surface area (TPSA) is 206 Å². The van der Waals surface area contributed by atoms with Crippen LogP contribution in [0.4, 0.5) is 4.79 Å². The lowest BCUT2D eigenvalue weighted by molar-refractivity contribution is -0.155. The molecule has 1 unspecified atom stereocenters. The Labute approximate surface area is 277 Å². The molecule has 0 aliphatic rings. The van der Waals surface area contributed by atoms with Crippen LogP contribution in [0.25, 0.3) is 0 Å². The van der Waals surface area contributed by atoms with Crippen LogP contribution in [-0.2, 0) is 44.9 Å². The molecule has 15 heteroatoms. The van der Waals surface area contributed by atoms with Crippen molar-refractivity contribution in [1.82, 2.24) is 21.3 Å². The minimum absolute atomic E-state index is 0.0105. The van der Waals surface area contributed by atoms with Crippen LogP contribution in [-0.4, -0.2) is 84.9 Å². The van der Waals surface area contributed by atoms with Crippen molar-refractivity contribution in [1.29, 1.82) is 0 Å². The minimum Gasteiger partial charge on any atom is -0.508 e. The highest BCUT2D eigenvalue weighted by molar-refractivity contribution is 7.93. The summed E-state index contributed by atoms with van der Waals surface area (Å²) in [5.41, 5.74) is -1.04. The van der Waals surface area contributed by atoms with Gasteiger partial charge in [0.05, 0.1) is 12.5 Å². The largest absolute Gasteiger partial charge is 0.508 e. The second-order valence-corrected chi connectivity index (χ2v) is 15.5. The summed E-state index contributed by atoms with van der Waals surface area (Å²) >= 11 is 0. The van der Waals surface area contributed by atoms with Gasteiger partial charge < -0.3 is 35.8 Å². The van der Waals surface area contributed by atoms with Gasteiger partial charge in [-0.2, -0.15) is 0 Å². The van der Waals surface area contributed by atoms with Gasteiger partial charge in [0.2, 0.25) is 17.7 Å². The number of carbonyl (C=O) groups excluding carboxylic acids is 5. The van der Waals surface area contributed by atoms with Gasteiger partial charge >= 0.3 is 12.1 Å². The first-order valence-electron chi connectivity index (χ1n) is 15.1. The molecule has 0 radical (unpaired) electrons. The second kappa shape index (κ2) is 17.1. The van der Waals surface area contributed by atoms with E-state index >= 15 is 0 Å². The zero-order valence-corrected chi connectivity index (χ0v) is 29.6. The van der Waals surface area contributed by atoms with Gasteiger partial charge in [-0.1, -0.05) is 32.1 Å². The van der Waals surface area contributed by atoms with E-state index in [1.807, 2.05) is 0 Å². The van der Waals surface area contributed by atoms with Gasteiger partial charge in [0.1, 0.15) is 35.1 Å². The molecule has 5 N–H and O–H groups in total. The number of carbonyl (C=O) groups is 5. The minimum atomic E-state index is -3.58. The first-order chi connectivity index (χ1) is 21.3. The molecule has 1 aromatic rings. The Hall–Kier alpha value is -4.14.